The van der Waals surface area contributed by atoms with Crippen molar-refractivity contribution in [2.45, 2.75) is 26.4 Å². The van der Waals surface area contributed by atoms with Crippen LogP contribution >= 0.6 is 11.3 Å². The number of hydrogen-bond donors (Lipinski definition) is 2. The van der Waals surface area contributed by atoms with E-state index in [0.717, 1.165) is 7.11 Å². The summed E-state index contributed by atoms with van der Waals surface area (Å²) in [4.78, 5) is 55.8. The molecule has 0 radical (unpaired) electrons. The minimum atomic E-state index is -0.812. The van der Waals surface area contributed by atoms with Crippen LogP contribution in [0, 0.1) is 0 Å². The van der Waals surface area contributed by atoms with E-state index in [2.05, 4.69) is 33.5 Å². The zero-order valence-corrected chi connectivity index (χ0v) is 19.3. The van der Waals surface area contributed by atoms with E-state index in [1.54, 1.807) is 10.3 Å². The molecule has 12 heteroatoms. The quantitative estimate of drug-likeness (QED) is 0.474. The Morgan fingerprint density at radius 3 is 2.25 bits per heavy atom. The number of nitrogens with zero attached hydrogens (tertiary/aromatic N) is 3. The molecule has 0 bridgehead atoms. The standard InChI is InChI=1S/C20H27N5O6S/c1-12(15(26)22-13(2)17(28)30-6)21-16(27)14-11-32-18(23-14)24-7-9-25(10-8-24)19(29)31-20(3,4)5/h11H,1-2,7-10H2,3-6H3,(H,21,27)(H,22,26). The van der Waals surface area contributed by atoms with Crippen molar-refractivity contribution in [2.24, 2.45) is 0 Å². The van der Waals surface area contributed by atoms with Crippen molar-refractivity contribution >= 4 is 40.3 Å². The molecule has 1 aliphatic rings. The van der Waals surface area contributed by atoms with Crippen molar-refractivity contribution in [3.05, 3.63) is 35.6 Å². The average molecular weight is 466 g/mol. The molecule has 2 rings (SSSR count). The van der Waals surface area contributed by atoms with Gasteiger partial charge in [-0.3, -0.25) is 9.59 Å². The highest BCUT2D eigenvalue weighted by atomic mass is 32.1. The Kier molecular flexibility index (Phi) is 7.97. The van der Waals surface area contributed by atoms with Gasteiger partial charge in [0.05, 0.1) is 12.8 Å². The molecule has 1 aromatic heterocycles. The summed E-state index contributed by atoms with van der Waals surface area (Å²) in [5.41, 5.74) is -1.01. The van der Waals surface area contributed by atoms with Gasteiger partial charge in [0.1, 0.15) is 17.0 Å². The predicted molar refractivity (Wildman–Crippen MR) is 118 cm³/mol. The van der Waals surface area contributed by atoms with Gasteiger partial charge in [0, 0.05) is 31.6 Å². The van der Waals surface area contributed by atoms with Crippen LogP contribution in [-0.4, -0.2) is 72.7 Å². The van der Waals surface area contributed by atoms with Crippen LogP contribution in [0.15, 0.2) is 29.9 Å². The number of amides is 3. The molecule has 174 valence electrons. The molecule has 0 atom stereocenters. The van der Waals surface area contributed by atoms with Gasteiger partial charge >= 0.3 is 12.1 Å². The number of piperazine rings is 1. The fourth-order valence-corrected chi connectivity index (χ4v) is 3.42. The lowest BCUT2D eigenvalue weighted by Crippen LogP contribution is -2.50. The number of nitrogens with one attached hydrogen (secondary N) is 2. The van der Waals surface area contributed by atoms with E-state index >= 15 is 0 Å². The topological polar surface area (TPSA) is 130 Å². The minimum Gasteiger partial charge on any atom is -0.464 e. The maximum Gasteiger partial charge on any atom is 0.410 e. The summed E-state index contributed by atoms with van der Waals surface area (Å²) >= 11 is 1.27. The molecule has 0 aromatic carbocycles. The first-order chi connectivity index (χ1) is 14.9. The van der Waals surface area contributed by atoms with E-state index in [0.29, 0.717) is 31.3 Å². The van der Waals surface area contributed by atoms with Crippen molar-refractivity contribution in [2.75, 3.05) is 38.2 Å². The van der Waals surface area contributed by atoms with Crippen molar-refractivity contribution in [1.82, 2.24) is 20.5 Å². The average Bonchev–Trinajstić information content (AvgIpc) is 3.22. The van der Waals surface area contributed by atoms with Crippen LogP contribution < -0.4 is 15.5 Å². The van der Waals surface area contributed by atoms with Crippen LogP contribution in [0.3, 0.4) is 0 Å². The molecule has 0 spiro atoms. The van der Waals surface area contributed by atoms with Gasteiger partial charge in [-0.1, -0.05) is 13.2 Å². The summed E-state index contributed by atoms with van der Waals surface area (Å²) in [6, 6.07) is 0. The third-order valence-electron chi connectivity index (χ3n) is 4.16. The second kappa shape index (κ2) is 10.3. The normalized spacial score (nSPS) is 13.8. The van der Waals surface area contributed by atoms with Crippen LogP contribution in [0.25, 0.3) is 0 Å². The molecular weight excluding hydrogens is 438 g/mol. The highest BCUT2D eigenvalue weighted by Gasteiger charge is 2.27. The Bertz CT molecular complexity index is 927. The Hall–Kier alpha value is -3.41. The van der Waals surface area contributed by atoms with Gasteiger partial charge in [0.2, 0.25) is 0 Å². The number of carbonyl (C=O) groups is 4. The maximum atomic E-state index is 12.4. The zero-order chi connectivity index (χ0) is 24.1. The second-order valence-electron chi connectivity index (χ2n) is 7.83. The third kappa shape index (κ3) is 6.80. The molecule has 1 aromatic rings. The number of rotatable bonds is 6. The summed E-state index contributed by atoms with van der Waals surface area (Å²) < 4.78 is 9.82. The predicted octanol–water partition coefficient (Wildman–Crippen LogP) is 1.25. The van der Waals surface area contributed by atoms with Crippen molar-refractivity contribution in [1.29, 1.82) is 0 Å². The number of aromatic nitrogens is 1. The molecule has 2 heterocycles. The zero-order valence-electron chi connectivity index (χ0n) is 18.5. The number of hydrogen-bond acceptors (Lipinski definition) is 9. The van der Waals surface area contributed by atoms with Gasteiger partial charge in [-0.25, -0.2) is 14.6 Å². The van der Waals surface area contributed by atoms with E-state index < -0.39 is 23.4 Å². The van der Waals surface area contributed by atoms with Gasteiger partial charge < -0.3 is 29.9 Å². The highest BCUT2D eigenvalue weighted by molar-refractivity contribution is 7.13. The van der Waals surface area contributed by atoms with Crippen molar-refractivity contribution in [3.8, 4) is 0 Å². The number of anilines is 1. The van der Waals surface area contributed by atoms with Crippen LogP contribution in [0.4, 0.5) is 9.93 Å². The third-order valence-corrected chi connectivity index (χ3v) is 5.06. The molecule has 2 N–H and O–H groups in total. The molecular formula is C20H27N5O6S. The molecule has 1 aliphatic heterocycles. The minimum absolute atomic E-state index is 0.111. The lowest BCUT2D eigenvalue weighted by atomic mass is 10.2. The summed E-state index contributed by atoms with van der Waals surface area (Å²) in [5.74, 6) is -2.24. The number of esters is 1. The molecule has 3 amide bonds. The summed E-state index contributed by atoms with van der Waals surface area (Å²) in [6.07, 6.45) is -0.358. The molecule has 1 saturated heterocycles. The van der Waals surface area contributed by atoms with Crippen LogP contribution in [0.1, 0.15) is 31.3 Å². The summed E-state index contributed by atoms with van der Waals surface area (Å²) in [6.45, 7) is 14.3. The van der Waals surface area contributed by atoms with Gasteiger partial charge in [0.25, 0.3) is 11.8 Å². The van der Waals surface area contributed by atoms with E-state index in [1.807, 2.05) is 25.7 Å². The Labute approximate surface area is 190 Å². The van der Waals surface area contributed by atoms with Gasteiger partial charge in [-0.2, -0.15) is 0 Å². The monoisotopic (exact) mass is 465 g/mol. The number of thiazole rings is 1. The number of carbonyl (C=O) groups excluding carboxylic acids is 4. The molecule has 32 heavy (non-hydrogen) atoms. The number of methoxy groups -OCH3 is 1. The van der Waals surface area contributed by atoms with E-state index in [-0.39, 0.29) is 23.2 Å². The lowest BCUT2D eigenvalue weighted by Gasteiger charge is -2.35. The molecule has 0 saturated carbocycles. The van der Waals surface area contributed by atoms with Crippen LogP contribution in [-0.2, 0) is 19.1 Å². The van der Waals surface area contributed by atoms with E-state index in [1.165, 1.54) is 11.3 Å². The smallest absolute Gasteiger partial charge is 0.410 e. The highest BCUT2D eigenvalue weighted by Crippen LogP contribution is 2.22. The SMILES string of the molecule is C=C(NC(=O)c1csc(N2CCN(C(=O)OC(C)(C)C)CC2)n1)C(=O)NC(=C)C(=O)OC. The van der Waals surface area contributed by atoms with Crippen LogP contribution in [0.5, 0.6) is 0 Å². The van der Waals surface area contributed by atoms with Gasteiger partial charge in [-0.05, 0) is 20.8 Å². The van der Waals surface area contributed by atoms with Crippen molar-refractivity contribution < 1.29 is 28.7 Å². The number of ether oxygens (including phenoxy) is 2. The first-order valence-electron chi connectivity index (χ1n) is 9.68. The van der Waals surface area contributed by atoms with E-state index in [4.69, 9.17) is 4.74 Å². The molecule has 0 aliphatic carbocycles. The fourth-order valence-electron chi connectivity index (χ4n) is 2.57. The Morgan fingerprint density at radius 2 is 1.69 bits per heavy atom. The maximum absolute atomic E-state index is 12.4. The van der Waals surface area contributed by atoms with Gasteiger partial charge in [-0.15, -0.1) is 11.3 Å². The molecule has 1 fully saturated rings. The second-order valence-corrected chi connectivity index (χ2v) is 8.66. The first-order valence-corrected chi connectivity index (χ1v) is 10.6. The lowest BCUT2D eigenvalue weighted by molar-refractivity contribution is -0.137. The Morgan fingerprint density at radius 1 is 1.06 bits per heavy atom. The molecule has 11 nitrogen and oxygen atoms in total. The van der Waals surface area contributed by atoms with Crippen molar-refractivity contribution in [3.63, 3.8) is 0 Å². The Balaban J connectivity index is 1.88. The first kappa shape index (κ1) is 24.9. The fraction of sp³-hybridized carbons (Fsp3) is 0.450. The van der Waals surface area contributed by atoms with E-state index in [9.17, 15) is 19.2 Å². The summed E-state index contributed by atoms with van der Waals surface area (Å²) in [5, 5.41) is 6.69. The molecule has 0 unspecified atom stereocenters. The van der Waals surface area contributed by atoms with Gasteiger partial charge in [0.15, 0.2) is 5.13 Å². The van der Waals surface area contributed by atoms with Crippen LogP contribution in [0.2, 0.25) is 0 Å². The largest absolute Gasteiger partial charge is 0.464 e. The summed E-state index contributed by atoms with van der Waals surface area (Å²) in [7, 11) is 1.15.